The molecule has 2 aliphatic rings. The lowest BCUT2D eigenvalue weighted by Crippen LogP contribution is -2.53. The topological polar surface area (TPSA) is 73.9 Å². The molecule has 1 aromatic rings. The number of esters is 1. The van der Waals surface area contributed by atoms with Crippen LogP contribution in [0.2, 0.25) is 0 Å². The molecule has 0 spiro atoms. The van der Waals surface area contributed by atoms with Crippen LogP contribution in [0.15, 0.2) is 18.2 Å². The van der Waals surface area contributed by atoms with E-state index in [2.05, 4.69) is 5.32 Å². The molecule has 1 fully saturated rings. The number of carbonyl (C=O) groups excluding carboxylic acids is 2. The summed E-state index contributed by atoms with van der Waals surface area (Å²) in [4.78, 5) is 24.6. The maximum Gasteiger partial charge on any atom is 0.331 e. The lowest BCUT2D eigenvalue weighted by Gasteiger charge is -2.27. The Morgan fingerprint density at radius 2 is 1.82 bits per heavy atom. The van der Waals surface area contributed by atoms with Gasteiger partial charge in [0.15, 0.2) is 11.5 Å². The van der Waals surface area contributed by atoms with Crippen molar-refractivity contribution < 1.29 is 23.8 Å². The highest BCUT2D eigenvalue weighted by Crippen LogP contribution is 2.33. The van der Waals surface area contributed by atoms with Crippen LogP contribution < -0.4 is 14.8 Å². The second kappa shape index (κ2) is 5.87. The summed E-state index contributed by atoms with van der Waals surface area (Å²) in [6.45, 7) is 0.966. The monoisotopic (exact) mass is 305 g/mol. The SMILES string of the molecule is COC(=O)C1(NC(=O)c2ccc3c(c2)OCCO3)CCCC1. The Morgan fingerprint density at radius 3 is 2.50 bits per heavy atom. The molecule has 1 aliphatic carbocycles. The van der Waals surface area contributed by atoms with Crippen LogP contribution in [0.3, 0.4) is 0 Å². The highest BCUT2D eigenvalue weighted by Gasteiger charge is 2.43. The quantitative estimate of drug-likeness (QED) is 0.860. The third-order valence-electron chi connectivity index (χ3n) is 4.19. The molecule has 0 bridgehead atoms. The van der Waals surface area contributed by atoms with Gasteiger partial charge < -0.3 is 19.5 Å². The van der Waals surface area contributed by atoms with E-state index in [9.17, 15) is 9.59 Å². The molecule has 6 heteroatoms. The second-order valence-electron chi connectivity index (χ2n) is 5.59. The molecule has 1 aromatic carbocycles. The van der Waals surface area contributed by atoms with Crippen LogP contribution >= 0.6 is 0 Å². The van der Waals surface area contributed by atoms with Crippen molar-refractivity contribution in [2.24, 2.45) is 0 Å². The first-order valence-electron chi connectivity index (χ1n) is 7.45. The fourth-order valence-electron chi connectivity index (χ4n) is 3.03. The first-order valence-corrected chi connectivity index (χ1v) is 7.45. The Bertz CT molecular complexity index is 592. The van der Waals surface area contributed by atoms with Crippen molar-refractivity contribution in [3.05, 3.63) is 23.8 Å². The van der Waals surface area contributed by atoms with Crippen molar-refractivity contribution >= 4 is 11.9 Å². The molecule has 1 saturated carbocycles. The number of amides is 1. The van der Waals surface area contributed by atoms with E-state index in [-0.39, 0.29) is 11.9 Å². The molecule has 0 unspecified atom stereocenters. The average molecular weight is 305 g/mol. The molecule has 0 radical (unpaired) electrons. The minimum atomic E-state index is -0.904. The predicted molar refractivity (Wildman–Crippen MR) is 78.1 cm³/mol. The van der Waals surface area contributed by atoms with Gasteiger partial charge in [0.05, 0.1) is 7.11 Å². The Kier molecular flexibility index (Phi) is 3.92. The minimum absolute atomic E-state index is 0.302. The molecule has 1 aliphatic heterocycles. The summed E-state index contributed by atoms with van der Waals surface area (Å²) in [6, 6.07) is 5.02. The molecule has 22 heavy (non-hydrogen) atoms. The van der Waals surface area contributed by atoms with Gasteiger partial charge in [-0.3, -0.25) is 4.79 Å². The smallest absolute Gasteiger partial charge is 0.331 e. The maximum atomic E-state index is 12.5. The van der Waals surface area contributed by atoms with Gasteiger partial charge in [0.1, 0.15) is 18.8 Å². The van der Waals surface area contributed by atoms with Crippen molar-refractivity contribution in [2.75, 3.05) is 20.3 Å². The van der Waals surface area contributed by atoms with Crippen molar-refractivity contribution in [3.63, 3.8) is 0 Å². The van der Waals surface area contributed by atoms with Crippen LogP contribution in [-0.2, 0) is 9.53 Å². The number of nitrogens with one attached hydrogen (secondary N) is 1. The summed E-state index contributed by atoms with van der Waals surface area (Å²) in [5, 5.41) is 2.86. The molecule has 3 rings (SSSR count). The molecule has 6 nitrogen and oxygen atoms in total. The zero-order valence-electron chi connectivity index (χ0n) is 12.5. The lowest BCUT2D eigenvalue weighted by atomic mass is 9.97. The Labute approximate surface area is 128 Å². The van der Waals surface area contributed by atoms with E-state index in [1.807, 2.05) is 0 Å². The molecule has 0 saturated heterocycles. The highest BCUT2D eigenvalue weighted by atomic mass is 16.6. The maximum absolute atomic E-state index is 12.5. The van der Waals surface area contributed by atoms with Gasteiger partial charge in [0.2, 0.25) is 0 Å². The van der Waals surface area contributed by atoms with E-state index >= 15 is 0 Å². The van der Waals surface area contributed by atoms with Gasteiger partial charge in [-0.05, 0) is 31.0 Å². The number of hydrogen-bond donors (Lipinski definition) is 1. The average Bonchev–Trinajstić information content (AvgIpc) is 3.03. The van der Waals surface area contributed by atoms with Gasteiger partial charge >= 0.3 is 5.97 Å². The largest absolute Gasteiger partial charge is 0.486 e. The first-order chi connectivity index (χ1) is 10.6. The van der Waals surface area contributed by atoms with Gasteiger partial charge in [-0.1, -0.05) is 12.8 Å². The Morgan fingerprint density at radius 1 is 1.14 bits per heavy atom. The van der Waals surface area contributed by atoms with Crippen LogP contribution in [0.4, 0.5) is 0 Å². The van der Waals surface area contributed by atoms with Crippen LogP contribution in [0.1, 0.15) is 36.0 Å². The van der Waals surface area contributed by atoms with Gasteiger partial charge in [-0.25, -0.2) is 4.79 Å². The van der Waals surface area contributed by atoms with Crippen molar-refractivity contribution in [1.82, 2.24) is 5.32 Å². The normalized spacial score (nSPS) is 18.6. The second-order valence-corrected chi connectivity index (χ2v) is 5.59. The minimum Gasteiger partial charge on any atom is -0.486 e. The molecular formula is C16H19NO5. The third kappa shape index (κ3) is 2.61. The standard InChI is InChI=1S/C16H19NO5/c1-20-15(19)16(6-2-3-7-16)17-14(18)11-4-5-12-13(10-11)22-9-8-21-12/h4-5,10H,2-3,6-9H2,1H3,(H,17,18). The van der Waals surface area contributed by atoms with E-state index in [1.54, 1.807) is 18.2 Å². The molecule has 0 atom stereocenters. The van der Waals surface area contributed by atoms with E-state index in [0.717, 1.165) is 12.8 Å². The summed E-state index contributed by atoms with van der Waals surface area (Å²) in [6.07, 6.45) is 3.01. The summed E-state index contributed by atoms with van der Waals surface area (Å²) < 4.78 is 15.8. The van der Waals surface area contributed by atoms with Crippen LogP contribution in [0.5, 0.6) is 11.5 Å². The summed E-state index contributed by atoms with van der Waals surface area (Å²) >= 11 is 0. The van der Waals surface area contributed by atoms with Gasteiger partial charge in [0.25, 0.3) is 5.91 Å². The fraction of sp³-hybridized carbons (Fsp3) is 0.500. The predicted octanol–water partition coefficient (Wildman–Crippen LogP) is 1.67. The van der Waals surface area contributed by atoms with Crippen molar-refractivity contribution in [2.45, 2.75) is 31.2 Å². The van der Waals surface area contributed by atoms with Crippen molar-refractivity contribution in [3.8, 4) is 11.5 Å². The van der Waals surface area contributed by atoms with E-state index in [0.29, 0.717) is 43.1 Å². The Balaban J connectivity index is 1.80. The summed E-state index contributed by atoms with van der Waals surface area (Å²) in [5.74, 6) is 0.504. The first kappa shape index (κ1) is 14.7. The number of ether oxygens (including phenoxy) is 3. The van der Waals surface area contributed by atoms with Crippen LogP contribution in [0.25, 0.3) is 0 Å². The molecule has 0 aromatic heterocycles. The van der Waals surface area contributed by atoms with E-state index in [1.165, 1.54) is 7.11 Å². The number of benzene rings is 1. The zero-order chi connectivity index (χ0) is 15.6. The Hall–Kier alpha value is -2.24. The zero-order valence-corrected chi connectivity index (χ0v) is 12.5. The molecule has 1 N–H and O–H groups in total. The molecule has 1 heterocycles. The molecular weight excluding hydrogens is 286 g/mol. The fourth-order valence-corrected chi connectivity index (χ4v) is 3.03. The van der Waals surface area contributed by atoms with Gasteiger partial charge in [-0.15, -0.1) is 0 Å². The van der Waals surface area contributed by atoms with Crippen LogP contribution in [-0.4, -0.2) is 37.7 Å². The van der Waals surface area contributed by atoms with E-state index in [4.69, 9.17) is 14.2 Å². The number of fused-ring (bicyclic) bond motifs is 1. The van der Waals surface area contributed by atoms with Gasteiger partial charge in [-0.2, -0.15) is 0 Å². The van der Waals surface area contributed by atoms with E-state index < -0.39 is 5.54 Å². The molecule has 118 valence electrons. The number of carbonyl (C=O) groups is 2. The molecule has 1 amide bonds. The third-order valence-corrected chi connectivity index (χ3v) is 4.19. The number of methoxy groups -OCH3 is 1. The lowest BCUT2D eigenvalue weighted by molar-refractivity contribution is -0.148. The van der Waals surface area contributed by atoms with Crippen LogP contribution in [0, 0.1) is 0 Å². The highest BCUT2D eigenvalue weighted by molar-refractivity contribution is 5.98. The van der Waals surface area contributed by atoms with Crippen molar-refractivity contribution in [1.29, 1.82) is 0 Å². The number of rotatable bonds is 3. The number of hydrogen-bond acceptors (Lipinski definition) is 5. The summed E-state index contributed by atoms with van der Waals surface area (Å²) in [5.41, 5.74) is -0.460. The van der Waals surface area contributed by atoms with Gasteiger partial charge in [0, 0.05) is 5.56 Å². The summed E-state index contributed by atoms with van der Waals surface area (Å²) in [7, 11) is 1.35.